The Labute approximate surface area is 174 Å². The number of fused-ring (bicyclic) bond motifs is 1. The van der Waals surface area contributed by atoms with E-state index < -0.39 is 4.92 Å². The summed E-state index contributed by atoms with van der Waals surface area (Å²) in [6.07, 6.45) is 3.06. The Kier molecular flexibility index (Phi) is 6.06. The molecule has 1 amide bonds. The zero-order chi connectivity index (χ0) is 20.9. The van der Waals surface area contributed by atoms with Crippen molar-refractivity contribution in [2.75, 3.05) is 33.0 Å². The fourth-order valence-electron chi connectivity index (χ4n) is 3.70. The SMILES string of the molecule is O=C(/C=C/c1cc([N+](=O)[O-])cc2c1OCOC2)N1CCN(Cc2ccccc2)CC1. The number of benzene rings is 2. The van der Waals surface area contributed by atoms with E-state index in [9.17, 15) is 14.9 Å². The Bertz CT molecular complexity index is 953. The highest BCUT2D eigenvalue weighted by Crippen LogP contribution is 2.33. The van der Waals surface area contributed by atoms with Gasteiger partial charge in [0.1, 0.15) is 5.75 Å². The molecule has 0 atom stereocenters. The van der Waals surface area contributed by atoms with E-state index in [-0.39, 0.29) is 25.0 Å². The van der Waals surface area contributed by atoms with E-state index in [1.54, 1.807) is 11.0 Å². The highest BCUT2D eigenvalue weighted by Gasteiger charge is 2.22. The van der Waals surface area contributed by atoms with Gasteiger partial charge >= 0.3 is 0 Å². The maximum absolute atomic E-state index is 12.6. The lowest BCUT2D eigenvalue weighted by Crippen LogP contribution is -2.47. The van der Waals surface area contributed by atoms with Crippen molar-refractivity contribution in [2.24, 2.45) is 0 Å². The van der Waals surface area contributed by atoms with Crippen LogP contribution in [-0.4, -0.2) is 53.6 Å². The molecular weight excluding hydrogens is 386 g/mol. The van der Waals surface area contributed by atoms with Gasteiger partial charge in [-0.25, -0.2) is 0 Å². The molecule has 0 N–H and O–H groups in total. The van der Waals surface area contributed by atoms with Gasteiger partial charge in [0.05, 0.1) is 11.5 Å². The molecule has 1 fully saturated rings. The zero-order valence-corrected chi connectivity index (χ0v) is 16.5. The van der Waals surface area contributed by atoms with Crippen molar-refractivity contribution in [3.63, 3.8) is 0 Å². The van der Waals surface area contributed by atoms with Gasteiger partial charge in [-0.15, -0.1) is 0 Å². The molecule has 2 aromatic rings. The summed E-state index contributed by atoms with van der Waals surface area (Å²) in [6.45, 7) is 4.11. The molecule has 30 heavy (non-hydrogen) atoms. The van der Waals surface area contributed by atoms with Crippen LogP contribution in [0.2, 0.25) is 0 Å². The molecule has 8 heteroatoms. The third kappa shape index (κ3) is 4.67. The van der Waals surface area contributed by atoms with Crippen molar-refractivity contribution >= 4 is 17.7 Å². The molecule has 8 nitrogen and oxygen atoms in total. The van der Waals surface area contributed by atoms with Crippen molar-refractivity contribution in [1.29, 1.82) is 0 Å². The van der Waals surface area contributed by atoms with E-state index in [4.69, 9.17) is 9.47 Å². The molecule has 0 radical (unpaired) electrons. The van der Waals surface area contributed by atoms with Crippen molar-refractivity contribution in [1.82, 2.24) is 9.80 Å². The molecular formula is C22H23N3O5. The zero-order valence-electron chi connectivity index (χ0n) is 16.5. The monoisotopic (exact) mass is 409 g/mol. The molecule has 4 rings (SSSR count). The van der Waals surface area contributed by atoms with Crippen LogP contribution in [0.5, 0.6) is 5.75 Å². The van der Waals surface area contributed by atoms with Crippen LogP contribution < -0.4 is 4.74 Å². The first-order valence-electron chi connectivity index (χ1n) is 9.85. The summed E-state index contributed by atoms with van der Waals surface area (Å²) in [7, 11) is 0. The predicted octanol–water partition coefficient (Wildman–Crippen LogP) is 2.82. The number of nitro groups is 1. The largest absolute Gasteiger partial charge is 0.467 e. The first-order valence-corrected chi connectivity index (χ1v) is 9.85. The normalized spacial score (nSPS) is 16.9. The van der Waals surface area contributed by atoms with E-state index in [2.05, 4.69) is 17.0 Å². The topological polar surface area (TPSA) is 85.1 Å². The van der Waals surface area contributed by atoms with E-state index in [0.717, 1.165) is 19.6 Å². The van der Waals surface area contributed by atoms with E-state index >= 15 is 0 Å². The van der Waals surface area contributed by atoms with Gasteiger partial charge < -0.3 is 14.4 Å². The minimum absolute atomic E-state index is 0.0514. The number of hydrogen-bond donors (Lipinski definition) is 0. The molecule has 2 aromatic carbocycles. The number of piperazine rings is 1. The molecule has 2 aliphatic heterocycles. The predicted molar refractivity (Wildman–Crippen MR) is 111 cm³/mol. The van der Waals surface area contributed by atoms with Gasteiger partial charge in [0.2, 0.25) is 5.91 Å². The maximum atomic E-state index is 12.6. The van der Waals surface area contributed by atoms with Crippen LogP contribution in [0.15, 0.2) is 48.5 Å². The number of carbonyl (C=O) groups excluding carboxylic acids is 1. The second kappa shape index (κ2) is 9.06. The van der Waals surface area contributed by atoms with Gasteiger partial charge in [0.15, 0.2) is 6.79 Å². The first-order chi connectivity index (χ1) is 14.6. The number of hydrogen-bond acceptors (Lipinski definition) is 6. The molecule has 2 aliphatic rings. The molecule has 0 bridgehead atoms. The number of carbonyl (C=O) groups is 1. The van der Waals surface area contributed by atoms with Gasteiger partial charge in [-0.1, -0.05) is 30.3 Å². The third-order valence-corrected chi connectivity index (χ3v) is 5.27. The molecule has 0 unspecified atom stereocenters. The lowest BCUT2D eigenvalue weighted by atomic mass is 10.1. The Morgan fingerprint density at radius 1 is 1.13 bits per heavy atom. The molecule has 2 heterocycles. The molecule has 0 aliphatic carbocycles. The summed E-state index contributed by atoms with van der Waals surface area (Å²) in [5, 5.41) is 11.2. The standard InChI is InChI=1S/C22H23N3O5/c26-21(24-10-8-23(9-11-24)14-17-4-2-1-3-5-17)7-6-18-12-20(25(27)28)13-19-15-29-16-30-22(18)19/h1-7,12-13H,8-11,14-16H2/b7-6+. The fourth-order valence-corrected chi connectivity index (χ4v) is 3.70. The van der Waals surface area contributed by atoms with Crippen LogP contribution >= 0.6 is 0 Å². The van der Waals surface area contributed by atoms with Crippen LogP contribution in [-0.2, 0) is 22.7 Å². The molecule has 156 valence electrons. The highest BCUT2D eigenvalue weighted by atomic mass is 16.7. The smallest absolute Gasteiger partial charge is 0.270 e. The van der Waals surface area contributed by atoms with Crippen molar-refractivity contribution in [3.8, 4) is 5.75 Å². The Balaban J connectivity index is 1.40. The van der Waals surface area contributed by atoms with Crippen molar-refractivity contribution < 1.29 is 19.2 Å². The molecule has 1 saturated heterocycles. The van der Waals surface area contributed by atoms with Crippen molar-refractivity contribution in [2.45, 2.75) is 13.2 Å². The summed E-state index contributed by atoms with van der Waals surface area (Å²) < 4.78 is 10.7. The van der Waals surface area contributed by atoms with E-state index in [1.807, 2.05) is 18.2 Å². The average Bonchev–Trinajstić information content (AvgIpc) is 2.78. The first kappa shape index (κ1) is 20.1. The number of rotatable bonds is 5. The van der Waals surface area contributed by atoms with E-state index in [1.165, 1.54) is 23.8 Å². The summed E-state index contributed by atoms with van der Waals surface area (Å²) >= 11 is 0. The number of nitro benzene ring substituents is 1. The Morgan fingerprint density at radius 3 is 2.63 bits per heavy atom. The summed E-state index contributed by atoms with van der Waals surface area (Å²) in [5.74, 6) is 0.422. The number of non-ortho nitro benzene ring substituents is 1. The van der Waals surface area contributed by atoms with Gasteiger partial charge in [-0.05, 0) is 11.6 Å². The van der Waals surface area contributed by atoms with Gasteiger partial charge in [-0.2, -0.15) is 0 Å². The highest BCUT2D eigenvalue weighted by molar-refractivity contribution is 5.92. The summed E-state index contributed by atoms with van der Waals surface area (Å²) in [6, 6.07) is 13.1. The molecule has 0 saturated carbocycles. The summed E-state index contributed by atoms with van der Waals surface area (Å²) in [5.41, 5.74) is 2.33. The lowest BCUT2D eigenvalue weighted by Gasteiger charge is -2.34. The third-order valence-electron chi connectivity index (χ3n) is 5.27. The van der Waals surface area contributed by atoms with Crippen LogP contribution in [0.25, 0.3) is 6.08 Å². The minimum Gasteiger partial charge on any atom is -0.467 e. The quantitative estimate of drug-likeness (QED) is 0.429. The average molecular weight is 409 g/mol. The van der Waals surface area contributed by atoms with Gasteiger partial charge in [0, 0.05) is 62.1 Å². The second-order valence-electron chi connectivity index (χ2n) is 7.31. The van der Waals surface area contributed by atoms with Crippen molar-refractivity contribution in [3.05, 3.63) is 75.3 Å². The lowest BCUT2D eigenvalue weighted by molar-refractivity contribution is -0.385. The molecule has 0 spiro atoms. The second-order valence-corrected chi connectivity index (χ2v) is 7.31. The molecule has 0 aromatic heterocycles. The summed E-state index contributed by atoms with van der Waals surface area (Å²) in [4.78, 5) is 27.5. The van der Waals surface area contributed by atoms with Crippen LogP contribution in [0.4, 0.5) is 5.69 Å². The Morgan fingerprint density at radius 2 is 1.90 bits per heavy atom. The Hall–Kier alpha value is -3.23. The van der Waals surface area contributed by atoms with Gasteiger partial charge in [0.25, 0.3) is 5.69 Å². The van der Waals surface area contributed by atoms with Gasteiger partial charge in [-0.3, -0.25) is 19.8 Å². The van der Waals surface area contributed by atoms with E-state index in [0.29, 0.717) is 30.0 Å². The van der Waals surface area contributed by atoms with Crippen LogP contribution in [0, 0.1) is 10.1 Å². The number of nitrogens with zero attached hydrogens (tertiary/aromatic N) is 3. The number of ether oxygens (including phenoxy) is 2. The fraction of sp³-hybridized carbons (Fsp3) is 0.318. The van der Waals surface area contributed by atoms with Crippen LogP contribution in [0.1, 0.15) is 16.7 Å². The maximum Gasteiger partial charge on any atom is 0.270 e. The van der Waals surface area contributed by atoms with Crippen LogP contribution in [0.3, 0.4) is 0 Å². The minimum atomic E-state index is -0.458. The number of amides is 1.